The highest BCUT2D eigenvalue weighted by molar-refractivity contribution is 6.06. The molecule has 2 aromatic heterocycles. The Balaban J connectivity index is 1.57. The standard InChI is InChI=1S/C19H18FN5O/c1-13-11-16(15-4-3-14(20)12-17(15)23-13)18(26)24-7-9-25(10-8-24)19-21-5-2-6-22-19/h2-6,11-12H,7-10H2,1H3. The molecule has 132 valence electrons. The number of hydrogen-bond acceptors (Lipinski definition) is 5. The van der Waals surface area contributed by atoms with E-state index in [2.05, 4.69) is 19.9 Å². The first-order chi connectivity index (χ1) is 12.6. The van der Waals surface area contributed by atoms with Gasteiger partial charge in [-0.15, -0.1) is 0 Å². The summed E-state index contributed by atoms with van der Waals surface area (Å²) < 4.78 is 13.5. The van der Waals surface area contributed by atoms with E-state index in [-0.39, 0.29) is 11.7 Å². The van der Waals surface area contributed by atoms with Crippen LogP contribution >= 0.6 is 0 Å². The number of halogens is 1. The van der Waals surface area contributed by atoms with Gasteiger partial charge in [-0.2, -0.15) is 0 Å². The second kappa shape index (κ2) is 6.67. The lowest BCUT2D eigenvalue weighted by molar-refractivity contribution is 0.0748. The van der Waals surface area contributed by atoms with Crippen molar-refractivity contribution >= 4 is 22.8 Å². The molecule has 1 saturated heterocycles. The molecule has 0 aliphatic carbocycles. The van der Waals surface area contributed by atoms with Crippen LogP contribution in [0.2, 0.25) is 0 Å². The summed E-state index contributed by atoms with van der Waals surface area (Å²) in [5.41, 5.74) is 1.77. The van der Waals surface area contributed by atoms with Gasteiger partial charge in [-0.3, -0.25) is 9.78 Å². The first-order valence-electron chi connectivity index (χ1n) is 8.50. The molecule has 0 radical (unpaired) electrons. The van der Waals surface area contributed by atoms with Crippen molar-refractivity contribution in [2.75, 3.05) is 31.1 Å². The molecule has 1 aromatic carbocycles. The van der Waals surface area contributed by atoms with Crippen molar-refractivity contribution in [3.05, 3.63) is 59.8 Å². The van der Waals surface area contributed by atoms with Crippen molar-refractivity contribution in [2.24, 2.45) is 0 Å². The van der Waals surface area contributed by atoms with E-state index in [1.54, 1.807) is 30.6 Å². The van der Waals surface area contributed by atoms with Crippen LogP contribution < -0.4 is 4.90 Å². The number of carbonyl (C=O) groups excluding carboxylic acids is 1. The fourth-order valence-corrected chi connectivity index (χ4v) is 3.25. The molecule has 0 spiro atoms. The van der Waals surface area contributed by atoms with Gasteiger partial charge in [0, 0.05) is 55.7 Å². The normalized spacial score (nSPS) is 14.7. The molecule has 1 aliphatic heterocycles. The van der Waals surface area contributed by atoms with E-state index in [0.29, 0.717) is 54.3 Å². The number of nitrogens with zero attached hydrogens (tertiary/aromatic N) is 5. The maximum absolute atomic E-state index is 13.5. The Hall–Kier alpha value is -3.09. The Kier molecular flexibility index (Phi) is 4.20. The topological polar surface area (TPSA) is 62.2 Å². The Morgan fingerprint density at radius 3 is 2.54 bits per heavy atom. The zero-order valence-electron chi connectivity index (χ0n) is 14.4. The van der Waals surface area contributed by atoms with Crippen LogP contribution in [0.25, 0.3) is 10.9 Å². The Morgan fingerprint density at radius 1 is 1.08 bits per heavy atom. The molecule has 6 nitrogen and oxygen atoms in total. The van der Waals surface area contributed by atoms with Gasteiger partial charge in [0.1, 0.15) is 5.82 Å². The number of amides is 1. The van der Waals surface area contributed by atoms with Gasteiger partial charge in [-0.1, -0.05) is 0 Å². The van der Waals surface area contributed by atoms with Crippen LogP contribution in [0.5, 0.6) is 0 Å². The summed E-state index contributed by atoms with van der Waals surface area (Å²) in [5.74, 6) is 0.270. The average Bonchev–Trinajstić information content (AvgIpc) is 2.67. The molecule has 26 heavy (non-hydrogen) atoms. The monoisotopic (exact) mass is 351 g/mol. The molecule has 4 rings (SSSR count). The number of aryl methyl sites for hydroxylation is 1. The summed E-state index contributed by atoms with van der Waals surface area (Å²) in [7, 11) is 0. The summed E-state index contributed by atoms with van der Waals surface area (Å²) in [6.07, 6.45) is 3.43. The maximum Gasteiger partial charge on any atom is 0.254 e. The number of anilines is 1. The predicted molar refractivity (Wildman–Crippen MR) is 96.6 cm³/mol. The Morgan fingerprint density at radius 2 is 1.81 bits per heavy atom. The van der Waals surface area contributed by atoms with Crippen LogP contribution in [0.1, 0.15) is 16.1 Å². The number of benzene rings is 1. The van der Waals surface area contributed by atoms with E-state index in [0.717, 1.165) is 0 Å². The van der Waals surface area contributed by atoms with Crippen molar-refractivity contribution < 1.29 is 9.18 Å². The molecular weight excluding hydrogens is 333 g/mol. The molecule has 1 aliphatic rings. The van der Waals surface area contributed by atoms with E-state index in [4.69, 9.17) is 0 Å². The van der Waals surface area contributed by atoms with Crippen LogP contribution in [0.4, 0.5) is 10.3 Å². The van der Waals surface area contributed by atoms with E-state index < -0.39 is 0 Å². The SMILES string of the molecule is Cc1cc(C(=O)N2CCN(c3ncccn3)CC2)c2ccc(F)cc2n1. The van der Waals surface area contributed by atoms with Crippen molar-refractivity contribution in [3.8, 4) is 0 Å². The third kappa shape index (κ3) is 3.08. The molecule has 1 amide bonds. The third-order valence-electron chi connectivity index (χ3n) is 4.53. The average molecular weight is 351 g/mol. The van der Waals surface area contributed by atoms with Crippen molar-refractivity contribution in [1.82, 2.24) is 19.9 Å². The highest BCUT2D eigenvalue weighted by Crippen LogP contribution is 2.22. The molecule has 7 heteroatoms. The second-order valence-electron chi connectivity index (χ2n) is 6.30. The van der Waals surface area contributed by atoms with Crippen LogP contribution in [0, 0.1) is 12.7 Å². The number of rotatable bonds is 2. The molecule has 3 aromatic rings. The zero-order chi connectivity index (χ0) is 18.1. The lowest BCUT2D eigenvalue weighted by Gasteiger charge is -2.34. The van der Waals surface area contributed by atoms with E-state index >= 15 is 0 Å². The highest BCUT2D eigenvalue weighted by atomic mass is 19.1. The number of fused-ring (bicyclic) bond motifs is 1. The second-order valence-corrected chi connectivity index (χ2v) is 6.30. The number of piperazine rings is 1. The molecular formula is C19H18FN5O. The van der Waals surface area contributed by atoms with Gasteiger partial charge < -0.3 is 9.80 Å². The van der Waals surface area contributed by atoms with Gasteiger partial charge in [0.15, 0.2) is 0 Å². The lowest BCUT2D eigenvalue weighted by atomic mass is 10.1. The van der Waals surface area contributed by atoms with Crippen LogP contribution in [-0.4, -0.2) is 51.9 Å². The summed E-state index contributed by atoms with van der Waals surface area (Å²) in [6.45, 7) is 4.33. The first kappa shape index (κ1) is 16.4. The molecule has 1 fully saturated rings. The maximum atomic E-state index is 13.5. The fraction of sp³-hybridized carbons (Fsp3) is 0.263. The van der Waals surface area contributed by atoms with Gasteiger partial charge >= 0.3 is 0 Å². The minimum Gasteiger partial charge on any atom is -0.337 e. The van der Waals surface area contributed by atoms with Crippen molar-refractivity contribution in [3.63, 3.8) is 0 Å². The van der Waals surface area contributed by atoms with E-state index in [9.17, 15) is 9.18 Å². The number of hydrogen-bond donors (Lipinski definition) is 0. The van der Waals surface area contributed by atoms with Gasteiger partial charge in [-0.05, 0) is 31.2 Å². The van der Waals surface area contributed by atoms with Crippen molar-refractivity contribution in [1.29, 1.82) is 0 Å². The van der Waals surface area contributed by atoms with E-state index in [1.807, 2.05) is 11.8 Å². The Bertz CT molecular complexity index is 950. The highest BCUT2D eigenvalue weighted by Gasteiger charge is 2.25. The third-order valence-corrected chi connectivity index (χ3v) is 4.53. The smallest absolute Gasteiger partial charge is 0.254 e. The molecule has 0 saturated carbocycles. The first-order valence-corrected chi connectivity index (χ1v) is 8.50. The van der Waals surface area contributed by atoms with Gasteiger partial charge in [0.05, 0.1) is 11.1 Å². The van der Waals surface area contributed by atoms with Crippen molar-refractivity contribution in [2.45, 2.75) is 6.92 Å². The molecule has 0 atom stereocenters. The molecule has 0 bridgehead atoms. The van der Waals surface area contributed by atoms with Crippen LogP contribution in [0.3, 0.4) is 0 Å². The zero-order valence-corrected chi connectivity index (χ0v) is 14.4. The minimum atomic E-state index is -0.356. The van der Waals surface area contributed by atoms with Gasteiger partial charge in [-0.25, -0.2) is 14.4 Å². The Labute approximate surface area is 150 Å². The summed E-state index contributed by atoms with van der Waals surface area (Å²) in [4.78, 5) is 29.8. The van der Waals surface area contributed by atoms with Gasteiger partial charge in [0.25, 0.3) is 5.91 Å². The summed E-state index contributed by atoms with van der Waals surface area (Å²) in [6, 6.07) is 7.90. The van der Waals surface area contributed by atoms with Crippen LogP contribution in [-0.2, 0) is 0 Å². The fourth-order valence-electron chi connectivity index (χ4n) is 3.25. The molecule has 0 unspecified atom stereocenters. The summed E-state index contributed by atoms with van der Waals surface area (Å²) >= 11 is 0. The number of pyridine rings is 1. The number of aromatic nitrogens is 3. The largest absolute Gasteiger partial charge is 0.337 e. The molecule has 0 N–H and O–H groups in total. The lowest BCUT2D eigenvalue weighted by Crippen LogP contribution is -2.49. The number of carbonyl (C=O) groups is 1. The van der Waals surface area contributed by atoms with Crippen LogP contribution in [0.15, 0.2) is 42.7 Å². The van der Waals surface area contributed by atoms with Gasteiger partial charge in [0.2, 0.25) is 5.95 Å². The predicted octanol–water partition coefficient (Wildman–Crippen LogP) is 2.43. The quantitative estimate of drug-likeness (QED) is 0.710. The summed E-state index contributed by atoms with van der Waals surface area (Å²) in [5, 5.41) is 0.677. The minimum absolute atomic E-state index is 0.0549. The molecule has 3 heterocycles. The van der Waals surface area contributed by atoms with E-state index in [1.165, 1.54) is 12.1 Å².